The lowest BCUT2D eigenvalue weighted by molar-refractivity contribution is -0.150. The molecule has 1 aromatic carbocycles. The number of nitrogens with zero attached hydrogens (tertiary/aromatic N) is 4. The number of likely N-dealkylation sites (tertiary alicyclic amines) is 1. The number of hydrogen-bond acceptors (Lipinski definition) is 7. The topological polar surface area (TPSA) is 139 Å². The van der Waals surface area contributed by atoms with E-state index in [9.17, 15) is 19.5 Å². The molecule has 0 aliphatic carbocycles. The quantitative estimate of drug-likeness (QED) is 0.423. The molecule has 5 rings (SSSR count). The van der Waals surface area contributed by atoms with Crippen LogP contribution in [0.1, 0.15) is 53.4 Å². The van der Waals surface area contributed by atoms with Crippen LogP contribution < -0.4 is 10.6 Å². The minimum atomic E-state index is -1.14. The monoisotopic (exact) mass is 526 g/mol. The first kappa shape index (κ1) is 26.6. The van der Waals surface area contributed by atoms with E-state index in [0.29, 0.717) is 31.3 Å². The van der Waals surface area contributed by atoms with E-state index in [0.717, 1.165) is 11.9 Å². The number of benzene rings is 1. The van der Waals surface area contributed by atoms with E-state index in [1.165, 1.54) is 4.90 Å². The predicted octanol–water partition coefficient (Wildman–Crippen LogP) is 1.20. The number of aliphatic hydroxyl groups excluding tert-OH is 1. The van der Waals surface area contributed by atoms with Crippen LogP contribution >= 0.6 is 0 Å². The Hall–Kier alpha value is -3.05. The Labute approximate surface area is 222 Å². The highest BCUT2D eigenvalue weighted by atomic mass is 16.5. The normalized spacial score (nSPS) is 30.7. The van der Waals surface area contributed by atoms with Crippen LogP contribution in [-0.2, 0) is 25.8 Å². The van der Waals surface area contributed by atoms with Gasteiger partial charge in [0.25, 0.3) is 0 Å². The lowest BCUT2D eigenvalue weighted by Gasteiger charge is -2.37. The van der Waals surface area contributed by atoms with E-state index < -0.39 is 35.1 Å². The minimum Gasteiger partial charge on any atom is -0.394 e. The molecule has 3 aliphatic heterocycles. The first-order valence-electron chi connectivity index (χ1n) is 13.6. The van der Waals surface area contributed by atoms with Crippen molar-refractivity contribution >= 4 is 28.8 Å². The number of nitrogens with one attached hydrogen (secondary N) is 2. The number of aliphatic hydroxyl groups is 1. The lowest BCUT2D eigenvalue weighted by atomic mass is 9.66. The smallest absolute Gasteiger partial charge is 0.247 e. The highest BCUT2D eigenvalue weighted by Crippen LogP contribution is 2.63. The van der Waals surface area contributed by atoms with Crippen molar-refractivity contribution in [2.75, 3.05) is 13.2 Å². The molecule has 3 saturated heterocycles. The van der Waals surface area contributed by atoms with E-state index in [4.69, 9.17) is 4.74 Å². The van der Waals surface area contributed by atoms with Crippen molar-refractivity contribution < 1.29 is 24.2 Å². The second-order valence-electron chi connectivity index (χ2n) is 11.5. The summed E-state index contributed by atoms with van der Waals surface area (Å²) in [6, 6.07) is 5.91. The number of amides is 3. The molecule has 38 heavy (non-hydrogen) atoms. The molecule has 0 saturated carbocycles. The molecule has 3 N–H and O–H groups in total. The van der Waals surface area contributed by atoms with Gasteiger partial charge < -0.3 is 25.4 Å². The van der Waals surface area contributed by atoms with Gasteiger partial charge >= 0.3 is 0 Å². The fraction of sp³-hybridized carbons (Fsp3) is 0.667. The lowest BCUT2D eigenvalue weighted by Crippen LogP contribution is -2.58. The van der Waals surface area contributed by atoms with Crippen LogP contribution in [0.2, 0.25) is 0 Å². The number of rotatable bonds is 10. The SMILES string of the molecule is CCCNC(=O)[C@H]1[C@H]2C(=O)N([C@@H](CO)CC(C)C)C(C(=O)NCn3nnc4ccccc43)C23CC[C@]1(C)O3. The summed E-state index contributed by atoms with van der Waals surface area (Å²) in [5.41, 5.74) is -0.493. The van der Waals surface area contributed by atoms with Crippen molar-refractivity contribution in [1.29, 1.82) is 0 Å². The maximum absolute atomic E-state index is 14.2. The van der Waals surface area contributed by atoms with Crippen LogP contribution in [0.25, 0.3) is 11.0 Å². The molecule has 2 aromatic rings. The summed E-state index contributed by atoms with van der Waals surface area (Å²) in [5, 5.41) is 24.6. The maximum atomic E-state index is 14.2. The molecule has 11 nitrogen and oxygen atoms in total. The summed E-state index contributed by atoms with van der Waals surface area (Å²) >= 11 is 0. The molecule has 6 atom stereocenters. The Balaban J connectivity index is 1.49. The molecular weight excluding hydrogens is 488 g/mol. The predicted molar refractivity (Wildman–Crippen MR) is 138 cm³/mol. The third kappa shape index (κ3) is 4.07. The molecular formula is C27H38N6O5. The molecule has 0 radical (unpaired) electrons. The third-order valence-electron chi connectivity index (χ3n) is 8.47. The van der Waals surface area contributed by atoms with Crippen molar-refractivity contribution in [3.63, 3.8) is 0 Å². The van der Waals surface area contributed by atoms with Gasteiger partial charge in [-0.15, -0.1) is 5.10 Å². The van der Waals surface area contributed by atoms with Gasteiger partial charge in [0, 0.05) is 6.54 Å². The number of carbonyl (C=O) groups is 3. The van der Waals surface area contributed by atoms with Crippen LogP contribution in [0.4, 0.5) is 0 Å². The molecule has 3 aliphatic rings. The number of hydrogen-bond donors (Lipinski definition) is 3. The van der Waals surface area contributed by atoms with Gasteiger partial charge in [0.05, 0.1) is 35.6 Å². The van der Waals surface area contributed by atoms with Gasteiger partial charge in [0.2, 0.25) is 17.7 Å². The number of carbonyl (C=O) groups excluding carboxylic acids is 3. The number of para-hydroxylation sites is 1. The van der Waals surface area contributed by atoms with Gasteiger partial charge in [0.1, 0.15) is 23.8 Å². The molecule has 3 amide bonds. The van der Waals surface area contributed by atoms with Crippen molar-refractivity contribution in [2.24, 2.45) is 17.8 Å². The van der Waals surface area contributed by atoms with Gasteiger partial charge in [-0.3, -0.25) is 14.4 Å². The molecule has 206 valence electrons. The summed E-state index contributed by atoms with van der Waals surface area (Å²) in [4.78, 5) is 43.0. The van der Waals surface area contributed by atoms with Gasteiger partial charge in [0.15, 0.2) is 0 Å². The Morgan fingerprint density at radius 3 is 2.68 bits per heavy atom. The molecule has 1 aromatic heterocycles. The second-order valence-corrected chi connectivity index (χ2v) is 11.5. The van der Waals surface area contributed by atoms with Crippen molar-refractivity contribution in [1.82, 2.24) is 30.5 Å². The zero-order valence-electron chi connectivity index (χ0n) is 22.5. The van der Waals surface area contributed by atoms with Crippen molar-refractivity contribution in [3.05, 3.63) is 24.3 Å². The van der Waals surface area contributed by atoms with Crippen molar-refractivity contribution in [3.8, 4) is 0 Å². The van der Waals surface area contributed by atoms with Crippen LogP contribution in [0.15, 0.2) is 24.3 Å². The van der Waals surface area contributed by atoms with E-state index >= 15 is 0 Å². The number of ether oxygens (including phenoxy) is 1. The van der Waals surface area contributed by atoms with E-state index in [1.54, 1.807) is 4.68 Å². The summed E-state index contributed by atoms with van der Waals surface area (Å²) in [7, 11) is 0. The van der Waals surface area contributed by atoms with E-state index in [-0.39, 0.29) is 36.9 Å². The average Bonchev–Trinajstić information content (AvgIpc) is 3.59. The fourth-order valence-corrected chi connectivity index (χ4v) is 6.92. The maximum Gasteiger partial charge on any atom is 0.247 e. The molecule has 3 fully saturated rings. The van der Waals surface area contributed by atoms with Gasteiger partial charge in [-0.1, -0.05) is 38.1 Å². The molecule has 2 unspecified atom stereocenters. The highest BCUT2D eigenvalue weighted by molar-refractivity contribution is 5.99. The van der Waals surface area contributed by atoms with Crippen LogP contribution in [0.5, 0.6) is 0 Å². The molecule has 11 heteroatoms. The zero-order valence-corrected chi connectivity index (χ0v) is 22.5. The molecule has 1 spiro atoms. The van der Waals surface area contributed by atoms with Gasteiger partial charge in [-0.05, 0) is 50.7 Å². The largest absolute Gasteiger partial charge is 0.394 e. The van der Waals surface area contributed by atoms with E-state index in [1.807, 2.05) is 52.0 Å². The van der Waals surface area contributed by atoms with Crippen LogP contribution in [0, 0.1) is 17.8 Å². The minimum absolute atomic E-state index is 0.0598. The first-order chi connectivity index (χ1) is 18.2. The van der Waals surface area contributed by atoms with Crippen molar-refractivity contribution in [2.45, 2.75) is 83.3 Å². The standard InChI is InChI=1S/C27H38N6O5/c1-5-12-28-23(35)20-21-25(37)33(17(14-34)13-16(2)3)22(27(21)11-10-26(20,4)38-27)24(36)29-15-32-19-9-7-6-8-18(19)30-31-32/h6-9,16-17,20-22,34H,5,10-15H2,1-4H3,(H,28,35)(H,29,36)/t17-,20-,21+,22?,26+,27?/m1/s1. The summed E-state index contributed by atoms with van der Waals surface area (Å²) < 4.78 is 8.22. The van der Waals surface area contributed by atoms with Gasteiger partial charge in [-0.2, -0.15) is 0 Å². The molecule has 4 heterocycles. The Morgan fingerprint density at radius 1 is 1.21 bits per heavy atom. The second kappa shape index (κ2) is 9.92. The first-order valence-corrected chi connectivity index (χ1v) is 13.6. The number of aromatic nitrogens is 3. The molecule has 2 bridgehead atoms. The number of fused-ring (bicyclic) bond motifs is 2. The van der Waals surface area contributed by atoms with Crippen LogP contribution in [0.3, 0.4) is 0 Å². The highest BCUT2D eigenvalue weighted by Gasteiger charge is 2.78. The Kier molecular flexibility index (Phi) is 6.93. The Bertz CT molecular complexity index is 1230. The fourth-order valence-electron chi connectivity index (χ4n) is 6.92. The van der Waals surface area contributed by atoms with E-state index in [2.05, 4.69) is 20.9 Å². The third-order valence-corrected chi connectivity index (χ3v) is 8.47. The van der Waals surface area contributed by atoms with Crippen LogP contribution in [-0.4, -0.2) is 79.2 Å². The summed E-state index contributed by atoms with van der Waals surface area (Å²) in [6.07, 6.45) is 2.35. The Morgan fingerprint density at radius 2 is 1.97 bits per heavy atom. The summed E-state index contributed by atoms with van der Waals surface area (Å²) in [5.74, 6) is -2.21. The zero-order chi connectivity index (χ0) is 27.2. The van der Waals surface area contributed by atoms with Gasteiger partial charge in [-0.25, -0.2) is 4.68 Å². The summed E-state index contributed by atoms with van der Waals surface area (Å²) in [6.45, 7) is 8.15. The average molecular weight is 527 g/mol.